The van der Waals surface area contributed by atoms with Crippen LogP contribution in [0.2, 0.25) is 0 Å². The Morgan fingerprint density at radius 3 is 2.85 bits per heavy atom. The van der Waals surface area contributed by atoms with E-state index in [1.807, 2.05) is 25.1 Å². The molecule has 1 aliphatic carbocycles. The van der Waals surface area contributed by atoms with Gasteiger partial charge in [-0.25, -0.2) is 0 Å². The van der Waals surface area contributed by atoms with Gasteiger partial charge in [0.25, 0.3) is 0 Å². The molecule has 0 spiro atoms. The topological polar surface area (TPSA) is 64.1 Å². The molecule has 1 aromatic rings. The number of hydrogen-bond acceptors (Lipinski definition) is 4. The van der Waals surface area contributed by atoms with Crippen molar-refractivity contribution in [1.29, 1.82) is 0 Å². The summed E-state index contributed by atoms with van der Waals surface area (Å²) in [5.74, 6) is 2.76. The molecular formula is C20H31N3O3. The van der Waals surface area contributed by atoms with E-state index in [4.69, 9.17) is 14.2 Å². The van der Waals surface area contributed by atoms with E-state index in [-0.39, 0.29) is 5.41 Å². The van der Waals surface area contributed by atoms with Crippen LogP contribution in [0, 0.1) is 11.3 Å². The van der Waals surface area contributed by atoms with E-state index in [0.717, 1.165) is 30.4 Å². The number of ether oxygens (including phenoxy) is 3. The first-order chi connectivity index (χ1) is 12.5. The van der Waals surface area contributed by atoms with Crippen LogP contribution in [0.5, 0.6) is 11.5 Å². The summed E-state index contributed by atoms with van der Waals surface area (Å²) in [5, 5.41) is 6.97. The van der Waals surface area contributed by atoms with E-state index in [2.05, 4.69) is 29.5 Å². The van der Waals surface area contributed by atoms with Crippen molar-refractivity contribution < 1.29 is 14.2 Å². The van der Waals surface area contributed by atoms with Gasteiger partial charge in [-0.1, -0.05) is 13.8 Å². The second-order valence-electron chi connectivity index (χ2n) is 7.54. The molecule has 0 aromatic heterocycles. The minimum atomic E-state index is 0.0964. The number of guanidine groups is 1. The summed E-state index contributed by atoms with van der Waals surface area (Å²) in [6, 6.07) is 6.16. The highest BCUT2D eigenvalue weighted by atomic mass is 16.5. The number of rotatable bonds is 5. The molecule has 1 heterocycles. The van der Waals surface area contributed by atoms with Crippen molar-refractivity contribution in [1.82, 2.24) is 5.32 Å². The van der Waals surface area contributed by atoms with Gasteiger partial charge in [-0.2, -0.15) is 0 Å². The van der Waals surface area contributed by atoms with E-state index < -0.39 is 0 Å². The standard InChI is InChI=1S/C20H31N3O3/c1-6-25-15-10-9-13(12-16(15)24-5)22-19(21-4)23-17-14-8-7-11-26-18(14)20(17,2)3/h9-10,12,14,17-18H,6-8,11H2,1-5H3,(H2,21,22,23). The molecule has 0 amide bonds. The predicted octanol–water partition coefficient (Wildman–Crippen LogP) is 3.28. The normalized spacial score (nSPS) is 27.1. The zero-order valence-corrected chi connectivity index (χ0v) is 16.5. The number of hydrogen-bond donors (Lipinski definition) is 2. The lowest BCUT2D eigenvalue weighted by molar-refractivity contribution is -0.188. The van der Waals surface area contributed by atoms with Crippen LogP contribution >= 0.6 is 0 Å². The first-order valence-corrected chi connectivity index (χ1v) is 9.44. The molecule has 3 unspecified atom stereocenters. The molecule has 0 bridgehead atoms. The van der Waals surface area contributed by atoms with Crippen molar-refractivity contribution in [2.24, 2.45) is 16.3 Å². The zero-order chi connectivity index (χ0) is 18.7. The van der Waals surface area contributed by atoms with Crippen LogP contribution in [-0.4, -0.2) is 45.5 Å². The van der Waals surface area contributed by atoms with Crippen LogP contribution in [0.1, 0.15) is 33.6 Å². The third-order valence-corrected chi connectivity index (χ3v) is 5.57. The molecule has 0 radical (unpaired) electrons. The molecule has 2 fully saturated rings. The first kappa shape index (κ1) is 18.8. The van der Waals surface area contributed by atoms with Crippen molar-refractivity contribution in [3.8, 4) is 11.5 Å². The molecule has 2 N–H and O–H groups in total. The van der Waals surface area contributed by atoms with E-state index in [1.54, 1.807) is 14.2 Å². The average Bonchev–Trinajstić information content (AvgIpc) is 2.66. The van der Waals surface area contributed by atoms with Crippen LogP contribution in [0.25, 0.3) is 0 Å². The summed E-state index contributed by atoms with van der Waals surface area (Å²) < 4.78 is 17.0. The van der Waals surface area contributed by atoms with Gasteiger partial charge in [0.15, 0.2) is 17.5 Å². The van der Waals surface area contributed by atoms with Gasteiger partial charge in [0.2, 0.25) is 0 Å². The Balaban J connectivity index is 1.69. The Hall–Kier alpha value is -1.95. The largest absolute Gasteiger partial charge is 0.493 e. The predicted molar refractivity (Wildman–Crippen MR) is 104 cm³/mol. The number of nitrogens with zero attached hydrogens (tertiary/aromatic N) is 1. The number of nitrogens with one attached hydrogen (secondary N) is 2. The molecule has 6 nitrogen and oxygen atoms in total. The van der Waals surface area contributed by atoms with Crippen LogP contribution in [0.3, 0.4) is 0 Å². The summed E-state index contributed by atoms with van der Waals surface area (Å²) >= 11 is 0. The number of benzene rings is 1. The third kappa shape index (κ3) is 3.47. The molecule has 6 heteroatoms. The highest BCUT2D eigenvalue weighted by molar-refractivity contribution is 5.94. The molecule has 1 saturated heterocycles. The molecule has 3 rings (SSSR count). The second kappa shape index (κ2) is 7.74. The zero-order valence-electron chi connectivity index (χ0n) is 16.5. The number of aliphatic imine (C=N–C) groups is 1. The molecular weight excluding hydrogens is 330 g/mol. The molecule has 1 aromatic carbocycles. The minimum Gasteiger partial charge on any atom is -0.493 e. The van der Waals surface area contributed by atoms with Crippen molar-refractivity contribution >= 4 is 11.6 Å². The summed E-state index contributed by atoms with van der Waals surface area (Å²) in [4.78, 5) is 4.40. The van der Waals surface area contributed by atoms with E-state index in [0.29, 0.717) is 30.4 Å². The Labute approximate surface area is 156 Å². The SMILES string of the molecule is CCOc1ccc(NC(=NC)NC2C3CCCOC3C2(C)C)cc1OC. The fourth-order valence-corrected chi connectivity index (χ4v) is 4.28. The van der Waals surface area contributed by atoms with Crippen molar-refractivity contribution in [3.63, 3.8) is 0 Å². The highest BCUT2D eigenvalue weighted by Crippen LogP contribution is 2.51. The lowest BCUT2D eigenvalue weighted by atomic mass is 9.55. The summed E-state index contributed by atoms with van der Waals surface area (Å²) in [6.45, 7) is 7.98. The van der Waals surface area contributed by atoms with Gasteiger partial charge in [0.1, 0.15) is 0 Å². The Bertz CT molecular complexity index is 660. The van der Waals surface area contributed by atoms with Crippen LogP contribution < -0.4 is 20.1 Å². The minimum absolute atomic E-state index is 0.0964. The second-order valence-corrected chi connectivity index (χ2v) is 7.54. The quantitative estimate of drug-likeness (QED) is 0.622. The van der Waals surface area contributed by atoms with Crippen LogP contribution in [0.15, 0.2) is 23.2 Å². The van der Waals surface area contributed by atoms with Crippen molar-refractivity contribution in [2.45, 2.75) is 45.8 Å². The number of anilines is 1. The lowest BCUT2D eigenvalue weighted by Crippen LogP contribution is -2.70. The first-order valence-electron chi connectivity index (χ1n) is 9.44. The molecule has 144 valence electrons. The Kier molecular flexibility index (Phi) is 5.61. The molecule has 26 heavy (non-hydrogen) atoms. The van der Waals surface area contributed by atoms with Crippen LogP contribution in [-0.2, 0) is 4.74 Å². The maximum atomic E-state index is 5.99. The van der Waals surface area contributed by atoms with Gasteiger partial charge >= 0.3 is 0 Å². The van der Waals surface area contributed by atoms with Crippen LogP contribution in [0.4, 0.5) is 5.69 Å². The average molecular weight is 361 g/mol. The summed E-state index contributed by atoms with van der Waals surface area (Å²) in [6.07, 6.45) is 2.69. The maximum Gasteiger partial charge on any atom is 0.195 e. The molecule has 1 aliphatic heterocycles. The van der Waals surface area contributed by atoms with E-state index in [9.17, 15) is 0 Å². The molecule has 1 saturated carbocycles. The smallest absolute Gasteiger partial charge is 0.195 e. The van der Waals surface area contributed by atoms with Crippen molar-refractivity contribution in [2.75, 3.05) is 32.7 Å². The molecule has 3 atom stereocenters. The maximum absolute atomic E-state index is 5.99. The number of methoxy groups -OCH3 is 1. The lowest BCUT2D eigenvalue weighted by Gasteiger charge is -2.60. The number of fused-ring (bicyclic) bond motifs is 1. The Morgan fingerprint density at radius 1 is 1.35 bits per heavy atom. The highest BCUT2D eigenvalue weighted by Gasteiger charge is 2.58. The van der Waals surface area contributed by atoms with Gasteiger partial charge in [-0.3, -0.25) is 4.99 Å². The monoisotopic (exact) mass is 361 g/mol. The van der Waals surface area contributed by atoms with Gasteiger partial charge in [0, 0.05) is 42.8 Å². The Morgan fingerprint density at radius 2 is 2.15 bits per heavy atom. The van der Waals surface area contributed by atoms with E-state index in [1.165, 1.54) is 6.42 Å². The molecule has 2 aliphatic rings. The van der Waals surface area contributed by atoms with Gasteiger partial charge in [-0.05, 0) is 31.9 Å². The van der Waals surface area contributed by atoms with Gasteiger partial charge in [0.05, 0.1) is 19.8 Å². The van der Waals surface area contributed by atoms with Gasteiger partial charge in [-0.15, -0.1) is 0 Å². The third-order valence-electron chi connectivity index (χ3n) is 5.57. The van der Waals surface area contributed by atoms with E-state index >= 15 is 0 Å². The fourth-order valence-electron chi connectivity index (χ4n) is 4.28. The van der Waals surface area contributed by atoms with Crippen molar-refractivity contribution in [3.05, 3.63) is 18.2 Å². The summed E-state index contributed by atoms with van der Waals surface area (Å²) in [5.41, 5.74) is 1.01. The summed E-state index contributed by atoms with van der Waals surface area (Å²) in [7, 11) is 3.44. The fraction of sp³-hybridized carbons (Fsp3) is 0.650. The van der Waals surface area contributed by atoms with Gasteiger partial charge < -0.3 is 24.8 Å².